The molecule has 0 saturated heterocycles. The van der Waals surface area contributed by atoms with Crippen LogP contribution in [0.5, 0.6) is 0 Å². The predicted molar refractivity (Wildman–Crippen MR) is 85.2 cm³/mol. The van der Waals surface area contributed by atoms with E-state index in [-0.39, 0.29) is 17.3 Å². The van der Waals surface area contributed by atoms with Crippen molar-refractivity contribution in [3.63, 3.8) is 0 Å². The molecule has 0 unspecified atom stereocenters. The van der Waals surface area contributed by atoms with Gasteiger partial charge in [-0.25, -0.2) is 4.79 Å². The van der Waals surface area contributed by atoms with Crippen LogP contribution in [0.3, 0.4) is 0 Å². The Morgan fingerprint density at radius 3 is 2.27 bits per heavy atom. The number of anilines is 1. The van der Waals surface area contributed by atoms with Gasteiger partial charge in [-0.1, -0.05) is 44.2 Å². The summed E-state index contributed by atoms with van der Waals surface area (Å²) in [5, 5.41) is 9.10. The minimum absolute atomic E-state index is 0.0643. The number of aromatic carboxylic acids is 1. The number of hydrogen-bond donors (Lipinski definition) is 3. The smallest absolute Gasteiger partial charge is 0.337 e. The van der Waals surface area contributed by atoms with Crippen LogP contribution in [0.4, 0.5) is 5.69 Å². The number of hydrogen-bond acceptors (Lipinski definition) is 3. The van der Waals surface area contributed by atoms with E-state index in [1.807, 2.05) is 0 Å². The minimum Gasteiger partial charge on any atom is -0.478 e. The van der Waals surface area contributed by atoms with Gasteiger partial charge in [-0.2, -0.15) is 13.1 Å². The van der Waals surface area contributed by atoms with Gasteiger partial charge in [-0.15, -0.1) is 0 Å². The molecule has 7 heteroatoms. The van der Waals surface area contributed by atoms with Crippen LogP contribution < -0.4 is 9.44 Å². The number of benzene rings is 1. The summed E-state index contributed by atoms with van der Waals surface area (Å²) in [6, 6.07) is 5.88. The molecule has 1 aromatic rings. The van der Waals surface area contributed by atoms with Gasteiger partial charge in [0.05, 0.1) is 11.3 Å². The number of carboxylic acids is 1. The minimum atomic E-state index is -3.78. The first-order chi connectivity index (χ1) is 10.5. The highest BCUT2D eigenvalue weighted by molar-refractivity contribution is 7.90. The third-order valence-electron chi connectivity index (χ3n) is 3.83. The van der Waals surface area contributed by atoms with Gasteiger partial charge in [0.15, 0.2) is 0 Å². The predicted octanol–water partition coefficient (Wildman–Crippen LogP) is 2.74. The van der Waals surface area contributed by atoms with Crippen LogP contribution in [0.2, 0.25) is 0 Å². The molecule has 122 valence electrons. The van der Waals surface area contributed by atoms with Crippen LogP contribution in [0.15, 0.2) is 24.3 Å². The molecule has 1 aromatic carbocycles. The van der Waals surface area contributed by atoms with E-state index in [4.69, 9.17) is 5.11 Å². The Bertz CT molecular complexity index is 608. The molecule has 1 aliphatic carbocycles. The summed E-state index contributed by atoms with van der Waals surface area (Å²) in [6.07, 6.45) is 7.14. The monoisotopic (exact) mass is 326 g/mol. The highest BCUT2D eigenvalue weighted by Gasteiger charge is 2.20. The van der Waals surface area contributed by atoms with E-state index in [1.54, 1.807) is 12.1 Å². The molecule has 1 fully saturated rings. The Morgan fingerprint density at radius 2 is 1.64 bits per heavy atom. The van der Waals surface area contributed by atoms with E-state index >= 15 is 0 Å². The standard InChI is InChI=1S/C15H22N2O4S/c18-15(19)13-10-6-7-11-14(13)17-22(20,21)16-12-8-4-2-1-3-5-9-12/h6-7,10-12,16-17H,1-5,8-9H2,(H,18,19). The summed E-state index contributed by atoms with van der Waals surface area (Å²) in [4.78, 5) is 11.1. The lowest BCUT2D eigenvalue weighted by atomic mass is 9.97. The van der Waals surface area contributed by atoms with Crippen molar-refractivity contribution in [3.8, 4) is 0 Å². The lowest BCUT2D eigenvalue weighted by molar-refractivity contribution is 0.0698. The summed E-state index contributed by atoms with van der Waals surface area (Å²) in [5.74, 6) is -1.16. The van der Waals surface area contributed by atoms with Crippen molar-refractivity contribution in [1.29, 1.82) is 0 Å². The first-order valence-corrected chi connectivity index (χ1v) is 9.08. The quantitative estimate of drug-likeness (QED) is 0.775. The molecule has 2 rings (SSSR count). The molecule has 0 bridgehead atoms. The normalized spacial score (nSPS) is 17.5. The summed E-state index contributed by atoms with van der Waals surface area (Å²) in [6.45, 7) is 0. The largest absolute Gasteiger partial charge is 0.478 e. The van der Waals surface area contributed by atoms with Gasteiger partial charge in [0.2, 0.25) is 0 Å². The fourth-order valence-corrected chi connectivity index (χ4v) is 3.93. The Balaban J connectivity index is 2.06. The molecule has 0 aromatic heterocycles. The van der Waals surface area contributed by atoms with Crippen LogP contribution in [0.1, 0.15) is 55.3 Å². The molecule has 0 atom stereocenters. The molecule has 6 nitrogen and oxygen atoms in total. The molecule has 0 aliphatic heterocycles. The summed E-state index contributed by atoms with van der Waals surface area (Å²) in [5.41, 5.74) is 0.0129. The van der Waals surface area contributed by atoms with E-state index < -0.39 is 16.2 Å². The molecule has 0 heterocycles. The second-order valence-electron chi connectivity index (χ2n) is 5.62. The second-order valence-corrected chi connectivity index (χ2v) is 7.06. The average molecular weight is 326 g/mol. The number of nitrogens with one attached hydrogen (secondary N) is 2. The van der Waals surface area contributed by atoms with Crippen molar-refractivity contribution >= 4 is 21.9 Å². The van der Waals surface area contributed by atoms with Gasteiger partial charge in [0, 0.05) is 6.04 Å². The van der Waals surface area contributed by atoms with E-state index in [1.165, 1.54) is 18.6 Å². The highest BCUT2D eigenvalue weighted by atomic mass is 32.2. The SMILES string of the molecule is O=C(O)c1ccccc1NS(=O)(=O)NC1CCCCCCC1. The topological polar surface area (TPSA) is 95.5 Å². The molecular formula is C15H22N2O4S. The third kappa shape index (κ3) is 4.99. The molecular weight excluding hydrogens is 304 g/mol. The summed E-state index contributed by atoms with van der Waals surface area (Å²) in [7, 11) is -3.78. The van der Waals surface area contributed by atoms with E-state index in [0.717, 1.165) is 38.5 Å². The zero-order valence-corrected chi connectivity index (χ0v) is 13.2. The van der Waals surface area contributed by atoms with Crippen molar-refractivity contribution in [1.82, 2.24) is 4.72 Å². The third-order valence-corrected chi connectivity index (χ3v) is 4.96. The Kier molecular flexibility index (Phi) is 5.79. The van der Waals surface area contributed by atoms with Gasteiger partial charge in [0.25, 0.3) is 10.2 Å². The van der Waals surface area contributed by atoms with Crippen LogP contribution in [0, 0.1) is 0 Å². The Hall–Kier alpha value is -1.60. The van der Waals surface area contributed by atoms with Crippen LogP contribution in [-0.2, 0) is 10.2 Å². The van der Waals surface area contributed by atoms with Gasteiger partial charge < -0.3 is 5.11 Å². The lowest BCUT2D eigenvalue weighted by Crippen LogP contribution is -2.39. The number of carbonyl (C=O) groups is 1. The Labute approximate surface area is 131 Å². The van der Waals surface area contributed by atoms with Crippen molar-refractivity contribution in [3.05, 3.63) is 29.8 Å². The number of para-hydroxylation sites is 1. The zero-order chi connectivity index (χ0) is 16.0. The fourth-order valence-electron chi connectivity index (χ4n) is 2.73. The van der Waals surface area contributed by atoms with Crippen molar-refractivity contribution in [2.24, 2.45) is 0 Å². The molecule has 22 heavy (non-hydrogen) atoms. The van der Waals surface area contributed by atoms with Gasteiger partial charge in [-0.3, -0.25) is 4.72 Å². The van der Waals surface area contributed by atoms with Crippen molar-refractivity contribution in [2.45, 2.75) is 51.0 Å². The average Bonchev–Trinajstić information content (AvgIpc) is 2.41. The molecule has 0 radical (unpaired) electrons. The van der Waals surface area contributed by atoms with Gasteiger partial charge in [0.1, 0.15) is 0 Å². The van der Waals surface area contributed by atoms with E-state index in [0.29, 0.717) is 0 Å². The van der Waals surface area contributed by atoms with Crippen LogP contribution in [-0.4, -0.2) is 25.5 Å². The van der Waals surface area contributed by atoms with E-state index in [9.17, 15) is 13.2 Å². The molecule has 3 N–H and O–H groups in total. The van der Waals surface area contributed by atoms with Crippen molar-refractivity contribution in [2.75, 3.05) is 4.72 Å². The zero-order valence-electron chi connectivity index (χ0n) is 12.4. The molecule has 1 aliphatic rings. The maximum atomic E-state index is 12.2. The molecule has 0 amide bonds. The maximum absolute atomic E-state index is 12.2. The van der Waals surface area contributed by atoms with Gasteiger partial charge >= 0.3 is 5.97 Å². The second kappa shape index (κ2) is 7.60. The summed E-state index contributed by atoms with van der Waals surface area (Å²) >= 11 is 0. The highest BCUT2D eigenvalue weighted by Crippen LogP contribution is 2.19. The lowest BCUT2D eigenvalue weighted by Gasteiger charge is -2.21. The van der Waals surface area contributed by atoms with Crippen LogP contribution in [0.25, 0.3) is 0 Å². The first-order valence-electron chi connectivity index (χ1n) is 7.60. The first kappa shape index (κ1) is 16.8. The summed E-state index contributed by atoms with van der Waals surface area (Å²) < 4.78 is 29.4. The Morgan fingerprint density at radius 1 is 1.05 bits per heavy atom. The van der Waals surface area contributed by atoms with Gasteiger partial charge in [-0.05, 0) is 25.0 Å². The molecule has 0 spiro atoms. The number of carboxylic acid groups (broad SMARTS) is 1. The maximum Gasteiger partial charge on any atom is 0.337 e. The fraction of sp³-hybridized carbons (Fsp3) is 0.533. The van der Waals surface area contributed by atoms with E-state index in [2.05, 4.69) is 9.44 Å². The number of rotatable bonds is 5. The van der Waals surface area contributed by atoms with Crippen LogP contribution >= 0.6 is 0 Å². The molecule has 1 saturated carbocycles. The van der Waals surface area contributed by atoms with Crippen molar-refractivity contribution < 1.29 is 18.3 Å².